The van der Waals surface area contributed by atoms with Gasteiger partial charge in [0.1, 0.15) is 5.82 Å². The van der Waals surface area contributed by atoms with Crippen LogP contribution in [0.3, 0.4) is 0 Å². The van der Waals surface area contributed by atoms with E-state index >= 15 is 0 Å². The fraction of sp³-hybridized carbons (Fsp3) is 0.294. The Labute approximate surface area is 262 Å². The zero-order chi connectivity index (χ0) is 30.1. The average molecular weight is 616 g/mol. The van der Waals surface area contributed by atoms with Crippen molar-refractivity contribution in [1.82, 2.24) is 29.2 Å². The molecule has 1 aliphatic heterocycles. The number of H-pyrrole nitrogens is 1. The van der Waals surface area contributed by atoms with E-state index in [-0.39, 0.29) is 5.91 Å². The first kappa shape index (κ1) is 29.5. The van der Waals surface area contributed by atoms with Crippen LogP contribution in [0.25, 0.3) is 33.5 Å². The van der Waals surface area contributed by atoms with Crippen LogP contribution < -0.4 is 0 Å². The van der Waals surface area contributed by atoms with Gasteiger partial charge in [0, 0.05) is 77.0 Å². The fourth-order valence-corrected chi connectivity index (χ4v) is 6.18. The largest absolute Gasteiger partial charge is 0.360 e. The molecule has 5 aromatic rings. The Bertz CT molecular complexity index is 1730. The highest BCUT2D eigenvalue weighted by molar-refractivity contribution is 6.31. The molecule has 1 saturated heterocycles. The van der Waals surface area contributed by atoms with Crippen molar-refractivity contribution in [3.63, 3.8) is 0 Å². The number of fused-ring (bicyclic) bond motifs is 1. The maximum atomic E-state index is 14.5. The summed E-state index contributed by atoms with van der Waals surface area (Å²) in [6.07, 6.45) is 2.90. The second kappa shape index (κ2) is 12.5. The molecule has 222 valence electrons. The molecule has 3 aromatic carbocycles. The molecule has 1 N–H and O–H groups in total. The Kier molecular flexibility index (Phi) is 8.59. The first-order valence-electron chi connectivity index (χ1n) is 14.6. The van der Waals surface area contributed by atoms with Crippen LogP contribution in [0.5, 0.6) is 0 Å². The Hall–Kier alpha value is -3.62. The maximum absolute atomic E-state index is 14.5. The number of likely N-dealkylation sites (N-methyl/N-ethyl adjacent to an activating group) is 2. The van der Waals surface area contributed by atoms with Crippen molar-refractivity contribution in [2.24, 2.45) is 0 Å². The number of hydrogen-bond acceptors (Lipinski definition) is 4. The van der Waals surface area contributed by atoms with Gasteiger partial charge in [0.15, 0.2) is 5.69 Å². The Morgan fingerprint density at radius 3 is 2.47 bits per heavy atom. The molecule has 0 bridgehead atoms. The predicted octanol–water partition coefficient (Wildman–Crippen LogP) is 6.76. The number of hydrogen-bond donors (Lipinski definition) is 1. The number of carbonyl (C=O) groups is 1. The van der Waals surface area contributed by atoms with E-state index < -0.39 is 0 Å². The number of imidazole rings is 1. The minimum absolute atomic E-state index is 0.0474. The number of benzene rings is 3. The van der Waals surface area contributed by atoms with Crippen molar-refractivity contribution < 1.29 is 4.79 Å². The molecule has 7 nitrogen and oxygen atoms in total. The molecule has 9 heteroatoms. The maximum Gasteiger partial charge on any atom is 0.274 e. The summed E-state index contributed by atoms with van der Waals surface area (Å²) in [5.41, 5.74) is 5.08. The quantitative estimate of drug-likeness (QED) is 0.199. The molecule has 0 saturated carbocycles. The number of aromatic nitrogens is 3. The molecule has 2 aromatic heterocycles. The van der Waals surface area contributed by atoms with E-state index in [1.165, 1.54) is 0 Å². The minimum atomic E-state index is -0.0474. The number of aromatic amines is 1. The molecule has 0 unspecified atom stereocenters. The first-order valence-corrected chi connectivity index (χ1v) is 15.4. The summed E-state index contributed by atoms with van der Waals surface area (Å²) in [5.74, 6) is 0.699. The summed E-state index contributed by atoms with van der Waals surface area (Å²) in [6.45, 7) is 3.83. The SMILES string of the molecule is CN(C)CCN(C)[C@H]1CCN(C(=O)c2nc(-c3ccccc3)n(Cc3ccc(Cl)cc3)c2-c2c[nH]c3cc(Cl)ccc23)C1. The summed E-state index contributed by atoms with van der Waals surface area (Å²) < 4.78 is 2.17. The van der Waals surface area contributed by atoms with Gasteiger partial charge in [-0.25, -0.2) is 4.98 Å². The zero-order valence-electron chi connectivity index (χ0n) is 24.7. The Morgan fingerprint density at radius 2 is 1.72 bits per heavy atom. The lowest BCUT2D eigenvalue weighted by Crippen LogP contribution is -2.39. The van der Waals surface area contributed by atoms with Crippen molar-refractivity contribution in [1.29, 1.82) is 0 Å². The molecule has 1 aliphatic rings. The number of rotatable bonds is 9. The van der Waals surface area contributed by atoms with Crippen molar-refractivity contribution in [2.45, 2.75) is 19.0 Å². The van der Waals surface area contributed by atoms with Crippen LogP contribution in [-0.2, 0) is 6.54 Å². The van der Waals surface area contributed by atoms with Crippen LogP contribution in [0.15, 0.2) is 79.0 Å². The summed E-state index contributed by atoms with van der Waals surface area (Å²) >= 11 is 12.6. The monoisotopic (exact) mass is 614 g/mol. The number of amides is 1. The third kappa shape index (κ3) is 6.22. The first-order chi connectivity index (χ1) is 20.8. The fourth-order valence-electron chi connectivity index (χ4n) is 5.88. The third-order valence-corrected chi connectivity index (χ3v) is 8.82. The highest BCUT2D eigenvalue weighted by atomic mass is 35.5. The van der Waals surface area contributed by atoms with Gasteiger partial charge in [0.25, 0.3) is 5.91 Å². The average Bonchev–Trinajstić information content (AvgIpc) is 3.74. The van der Waals surface area contributed by atoms with Crippen LogP contribution in [0.1, 0.15) is 22.5 Å². The van der Waals surface area contributed by atoms with Crippen LogP contribution in [-0.4, -0.2) is 88.5 Å². The molecule has 0 radical (unpaired) electrons. The Morgan fingerprint density at radius 1 is 0.977 bits per heavy atom. The van der Waals surface area contributed by atoms with E-state index in [0.29, 0.717) is 41.4 Å². The molecule has 0 aliphatic carbocycles. The van der Waals surface area contributed by atoms with Gasteiger partial charge in [-0.2, -0.15) is 0 Å². The lowest BCUT2D eigenvalue weighted by molar-refractivity contribution is 0.0775. The molecular formula is C34H36Cl2N6O. The Balaban J connectivity index is 1.47. The summed E-state index contributed by atoms with van der Waals surface area (Å²) in [7, 11) is 6.32. The second-order valence-electron chi connectivity index (χ2n) is 11.6. The highest BCUT2D eigenvalue weighted by Crippen LogP contribution is 2.37. The van der Waals surface area contributed by atoms with E-state index in [2.05, 4.69) is 40.5 Å². The molecule has 3 heterocycles. The van der Waals surface area contributed by atoms with Gasteiger partial charge in [0.05, 0.1) is 5.69 Å². The minimum Gasteiger partial charge on any atom is -0.360 e. The van der Waals surface area contributed by atoms with Gasteiger partial charge in [0.2, 0.25) is 0 Å². The van der Waals surface area contributed by atoms with Gasteiger partial charge in [-0.05, 0) is 57.4 Å². The summed E-state index contributed by atoms with van der Waals surface area (Å²) in [5, 5.41) is 2.32. The van der Waals surface area contributed by atoms with Crippen molar-refractivity contribution in [3.05, 3.63) is 100 Å². The topological polar surface area (TPSA) is 60.4 Å². The number of halogens is 2. The lowest BCUT2D eigenvalue weighted by atomic mass is 10.1. The molecule has 43 heavy (non-hydrogen) atoms. The molecule has 1 amide bonds. The number of nitrogens with zero attached hydrogens (tertiary/aromatic N) is 5. The van der Waals surface area contributed by atoms with Crippen LogP contribution in [0, 0.1) is 0 Å². The van der Waals surface area contributed by atoms with Crippen molar-refractivity contribution in [2.75, 3.05) is 47.3 Å². The predicted molar refractivity (Wildman–Crippen MR) is 176 cm³/mol. The highest BCUT2D eigenvalue weighted by Gasteiger charge is 2.34. The molecule has 0 spiro atoms. The zero-order valence-corrected chi connectivity index (χ0v) is 26.2. The molecule has 1 atom stereocenters. The number of carbonyl (C=O) groups excluding carboxylic acids is 1. The number of likely N-dealkylation sites (tertiary alicyclic amines) is 1. The van der Waals surface area contributed by atoms with Gasteiger partial charge < -0.3 is 24.3 Å². The van der Waals surface area contributed by atoms with Gasteiger partial charge >= 0.3 is 0 Å². The standard InChI is InChI=1S/C34H36Cl2N6O/c1-39(2)17-18-40(3)27-15-16-41(22-27)34(43)31-32(29-20-37-30-19-26(36)13-14-28(29)30)42(21-23-9-11-25(35)12-10-23)33(38-31)24-7-5-4-6-8-24/h4-14,19-20,27,37H,15-18,21-22H2,1-3H3/t27-/m0/s1. The van der Waals surface area contributed by atoms with Gasteiger partial charge in [-0.15, -0.1) is 0 Å². The van der Waals surface area contributed by atoms with Crippen molar-refractivity contribution in [3.8, 4) is 22.6 Å². The molecule has 6 rings (SSSR count). The summed E-state index contributed by atoms with van der Waals surface area (Å²) in [4.78, 5) is 29.5. The van der Waals surface area contributed by atoms with E-state index in [4.69, 9.17) is 28.2 Å². The normalized spacial score (nSPS) is 15.3. The van der Waals surface area contributed by atoms with Crippen LogP contribution in [0.4, 0.5) is 0 Å². The van der Waals surface area contributed by atoms with E-state index in [1.807, 2.05) is 83.9 Å². The van der Waals surface area contributed by atoms with Crippen LogP contribution >= 0.6 is 23.2 Å². The third-order valence-electron chi connectivity index (χ3n) is 8.33. The molecular weight excluding hydrogens is 579 g/mol. The molecule has 1 fully saturated rings. The number of nitrogens with one attached hydrogen (secondary N) is 1. The van der Waals surface area contributed by atoms with Crippen LogP contribution in [0.2, 0.25) is 10.0 Å². The van der Waals surface area contributed by atoms with Gasteiger partial charge in [-0.1, -0.05) is 71.7 Å². The van der Waals surface area contributed by atoms with Gasteiger partial charge in [-0.3, -0.25) is 4.79 Å². The second-order valence-corrected chi connectivity index (χ2v) is 12.5. The smallest absolute Gasteiger partial charge is 0.274 e. The van der Waals surface area contributed by atoms with E-state index in [1.54, 1.807) is 0 Å². The van der Waals surface area contributed by atoms with E-state index in [0.717, 1.165) is 58.6 Å². The summed E-state index contributed by atoms with van der Waals surface area (Å²) in [6, 6.07) is 24.0. The van der Waals surface area contributed by atoms with E-state index in [9.17, 15) is 4.79 Å². The lowest BCUT2D eigenvalue weighted by Gasteiger charge is -2.26. The van der Waals surface area contributed by atoms with Crippen molar-refractivity contribution >= 4 is 40.0 Å².